The van der Waals surface area contributed by atoms with Crippen LogP contribution in [0.4, 0.5) is 0 Å². The summed E-state index contributed by atoms with van der Waals surface area (Å²) in [5, 5.41) is 2.90. The van der Waals surface area contributed by atoms with Crippen LogP contribution in [0, 0.1) is 0 Å². The number of nitrogens with one attached hydrogen (secondary N) is 1. The molecule has 0 fully saturated rings. The van der Waals surface area contributed by atoms with Crippen molar-refractivity contribution in [3.63, 3.8) is 0 Å². The molecule has 0 bridgehead atoms. The lowest BCUT2D eigenvalue weighted by atomic mass is 10.1. The van der Waals surface area contributed by atoms with Gasteiger partial charge >= 0.3 is 5.97 Å². The number of ether oxygens (including phenoxy) is 2. The molecule has 31 heavy (non-hydrogen) atoms. The SMILES string of the molecule is CCCCCCCCCCCCOC(=O)CCCC(=O)NCCc1ccc(OC)cc1. The van der Waals surface area contributed by atoms with Crippen molar-refractivity contribution in [2.24, 2.45) is 0 Å². The summed E-state index contributed by atoms with van der Waals surface area (Å²) in [6.07, 6.45) is 14.6. The van der Waals surface area contributed by atoms with Gasteiger partial charge in [0.05, 0.1) is 13.7 Å². The molecule has 5 nitrogen and oxygen atoms in total. The molecular weight excluding hydrogens is 390 g/mol. The van der Waals surface area contributed by atoms with E-state index in [1.807, 2.05) is 24.3 Å². The second-order valence-corrected chi connectivity index (χ2v) is 8.20. The average Bonchev–Trinajstić information content (AvgIpc) is 2.78. The molecule has 0 aliphatic rings. The molecule has 176 valence electrons. The average molecular weight is 434 g/mol. The number of carbonyl (C=O) groups is 2. The molecule has 1 aromatic rings. The van der Waals surface area contributed by atoms with Gasteiger partial charge in [0, 0.05) is 19.4 Å². The Kier molecular flexibility index (Phi) is 16.3. The Morgan fingerprint density at radius 1 is 0.806 bits per heavy atom. The summed E-state index contributed by atoms with van der Waals surface area (Å²) in [7, 11) is 1.64. The van der Waals surface area contributed by atoms with Crippen molar-refractivity contribution in [2.75, 3.05) is 20.3 Å². The van der Waals surface area contributed by atoms with E-state index < -0.39 is 0 Å². The van der Waals surface area contributed by atoms with E-state index in [9.17, 15) is 9.59 Å². The number of methoxy groups -OCH3 is 1. The summed E-state index contributed by atoms with van der Waals surface area (Å²) in [4.78, 5) is 23.7. The van der Waals surface area contributed by atoms with Crippen LogP contribution in [-0.2, 0) is 20.7 Å². The van der Waals surface area contributed by atoms with Gasteiger partial charge in [0.1, 0.15) is 5.75 Å². The van der Waals surface area contributed by atoms with Gasteiger partial charge in [0.2, 0.25) is 5.91 Å². The summed E-state index contributed by atoms with van der Waals surface area (Å²) in [6.45, 7) is 3.34. The fourth-order valence-electron chi connectivity index (χ4n) is 3.47. The summed E-state index contributed by atoms with van der Waals surface area (Å²) in [5.41, 5.74) is 1.15. The summed E-state index contributed by atoms with van der Waals surface area (Å²) in [5.74, 6) is 0.616. The van der Waals surface area contributed by atoms with Crippen LogP contribution in [0.15, 0.2) is 24.3 Å². The summed E-state index contributed by atoms with van der Waals surface area (Å²) < 4.78 is 10.4. The lowest BCUT2D eigenvalue weighted by Gasteiger charge is -2.07. The van der Waals surface area contributed by atoms with E-state index >= 15 is 0 Å². The van der Waals surface area contributed by atoms with Crippen molar-refractivity contribution < 1.29 is 19.1 Å². The van der Waals surface area contributed by atoms with E-state index in [1.54, 1.807) is 7.11 Å². The monoisotopic (exact) mass is 433 g/mol. The van der Waals surface area contributed by atoms with Gasteiger partial charge in [-0.3, -0.25) is 9.59 Å². The number of hydrogen-bond donors (Lipinski definition) is 1. The molecule has 0 aliphatic heterocycles. The highest BCUT2D eigenvalue weighted by Gasteiger charge is 2.06. The third-order valence-corrected chi connectivity index (χ3v) is 5.44. The molecule has 1 N–H and O–H groups in total. The van der Waals surface area contributed by atoms with Crippen LogP contribution in [0.25, 0.3) is 0 Å². The first-order valence-corrected chi connectivity index (χ1v) is 12.2. The highest BCUT2D eigenvalue weighted by Crippen LogP contribution is 2.12. The second-order valence-electron chi connectivity index (χ2n) is 8.20. The van der Waals surface area contributed by atoms with E-state index in [-0.39, 0.29) is 11.9 Å². The molecule has 1 amide bonds. The van der Waals surface area contributed by atoms with Gasteiger partial charge in [0.15, 0.2) is 0 Å². The highest BCUT2D eigenvalue weighted by atomic mass is 16.5. The standard InChI is InChI=1S/C26H43NO4/c1-3-4-5-6-7-8-9-10-11-12-22-31-26(29)15-13-14-25(28)27-21-20-23-16-18-24(30-2)19-17-23/h16-19H,3-15,20-22H2,1-2H3,(H,27,28). The first-order chi connectivity index (χ1) is 15.2. The molecule has 0 saturated heterocycles. The van der Waals surface area contributed by atoms with Gasteiger partial charge < -0.3 is 14.8 Å². The van der Waals surface area contributed by atoms with Crippen LogP contribution in [-0.4, -0.2) is 32.1 Å². The Hall–Kier alpha value is -2.04. The Balaban J connectivity index is 1.90. The van der Waals surface area contributed by atoms with E-state index in [0.29, 0.717) is 32.4 Å². The number of benzene rings is 1. The molecule has 0 radical (unpaired) electrons. The van der Waals surface area contributed by atoms with Crippen molar-refractivity contribution >= 4 is 11.9 Å². The van der Waals surface area contributed by atoms with E-state index in [1.165, 1.54) is 51.4 Å². The van der Waals surface area contributed by atoms with E-state index in [0.717, 1.165) is 30.6 Å². The summed E-state index contributed by atoms with van der Waals surface area (Å²) >= 11 is 0. The van der Waals surface area contributed by atoms with Crippen molar-refractivity contribution in [2.45, 2.75) is 96.8 Å². The molecule has 0 unspecified atom stereocenters. The first-order valence-electron chi connectivity index (χ1n) is 12.2. The number of amides is 1. The first kappa shape index (κ1) is 27.0. The largest absolute Gasteiger partial charge is 0.497 e. The minimum atomic E-state index is -0.193. The third-order valence-electron chi connectivity index (χ3n) is 5.44. The van der Waals surface area contributed by atoms with Crippen LogP contribution in [0.5, 0.6) is 5.75 Å². The Morgan fingerprint density at radius 2 is 1.42 bits per heavy atom. The predicted octanol–water partition coefficient (Wildman–Crippen LogP) is 5.99. The summed E-state index contributed by atoms with van der Waals surface area (Å²) in [6, 6.07) is 7.82. The zero-order chi connectivity index (χ0) is 22.6. The van der Waals surface area contributed by atoms with Crippen molar-refractivity contribution in [1.29, 1.82) is 0 Å². The number of rotatable bonds is 19. The number of carbonyl (C=O) groups excluding carboxylic acids is 2. The van der Waals surface area contributed by atoms with Gasteiger partial charge in [-0.05, 0) is 37.0 Å². The van der Waals surface area contributed by atoms with Crippen LogP contribution >= 0.6 is 0 Å². The Labute approximate surface area is 189 Å². The lowest BCUT2D eigenvalue weighted by Crippen LogP contribution is -2.25. The topological polar surface area (TPSA) is 64.6 Å². The van der Waals surface area contributed by atoms with Gasteiger partial charge in [-0.2, -0.15) is 0 Å². The molecule has 0 saturated carbocycles. The maximum absolute atomic E-state index is 11.9. The number of esters is 1. The van der Waals surface area contributed by atoms with Gasteiger partial charge in [-0.15, -0.1) is 0 Å². The fraction of sp³-hybridized carbons (Fsp3) is 0.692. The molecule has 5 heteroatoms. The van der Waals surface area contributed by atoms with Crippen LogP contribution < -0.4 is 10.1 Å². The minimum absolute atomic E-state index is 0.0176. The molecular formula is C26H43NO4. The van der Waals surface area contributed by atoms with Crippen LogP contribution in [0.2, 0.25) is 0 Å². The minimum Gasteiger partial charge on any atom is -0.497 e. The fourth-order valence-corrected chi connectivity index (χ4v) is 3.47. The van der Waals surface area contributed by atoms with Gasteiger partial charge in [-0.25, -0.2) is 0 Å². The maximum atomic E-state index is 11.9. The zero-order valence-corrected chi connectivity index (χ0v) is 19.8. The second kappa shape index (κ2) is 18.7. The van der Waals surface area contributed by atoms with Crippen molar-refractivity contribution in [1.82, 2.24) is 5.32 Å². The van der Waals surface area contributed by atoms with E-state index in [2.05, 4.69) is 12.2 Å². The molecule has 0 aromatic heterocycles. The number of hydrogen-bond acceptors (Lipinski definition) is 4. The van der Waals surface area contributed by atoms with Crippen LogP contribution in [0.1, 0.15) is 96.0 Å². The zero-order valence-electron chi connectivity index (χ0n) is 19.8. The van der Waals surface area contributed by atoms with Gasteiger partial charge in [-0.1, -0.05) is 76.8 Å². The number of unbranched alkanes of at least 4 members (excludes halogenated alkanes) is 9. The maximum Gasteiger partial charge on any atom is 0.305 e. The normalized spacial score (nSPS) is 10.6. The van der Waals surface area contributed by atoms with Crippen molar-refractivity contribution in [3.05, 3.63) is 29.8 Å². The smallest absolute Gasteiger partial charge is 0.305 e. The molecule has 0 spiro atoms. The molecule has 0 aliphatic carbocycles. The Morgan fingerprint density at radius 3 is 2.03 bits per heavy atom. The third kappa shape index (κ3) is 15.4. The van der Waals surface area contributed by atoms with E-state index in [4.69, 9.17) is 9.47 Å². The van der Waals surface area contributed by atoms with Gasteiger partial charge in [0.25, 0.3) is 0 Å². The molecule has 1 rings (SSSR count). The highest BCUT2D eigenvalue weighted by molar-refractivity contribution is 5.77. The Bertz CT molecular complexity index is 586. The quantitative estimate of drug-likeness (QED) is 0.215. The molecule has 0 heterocycles. The predicted molar refractivity (Wildman–Crippen MR) is 126 cm³/mol. The molecule has 0 atom stereocenters. The molecule has 1 aromatic carbocycles. The van der Waals surface area contributed by atoms with Crippen LogP contribution in [0.3, 0.4) is 0 Å². The van der Waals surface area contributed by atoms with Crippen molar-refractivity contribution in [3.8, 4) is 5.75 Å². The lowest BCUT2D eigenvalue weighted by molar-refractivity contribution is -0.143.